The van der Waals surface area contributed by atoms with Gasteiger partial charge in [-0.2, -0.15) is 0 Å². The van der Waals surface area contributed by atoms with Crippen LogP contribution in [0.1, 0.15) is 20.8 Å². The molecule has 0 saturated carbocycles. The molecule has 3 nitrogen and oxygen atoms in total. The topological polar surface area (TPSA) is 49.3 Å². The molecule has 0 atom stereocenters. The first-order chi connectivity index (χ1) is 9.65. The van der Waals surface area contributed by atoms with E-state index in [2.05, 4.69) is 5.32 Å². The minimum Gasteiger partial charge on any atom is -0.392 e. The molecule has 0 aliphatic carbocycles. The highest BCUT2D eigenvalue weighted by Gasteiger charge is 2.12. The number of aliphatic hydroxyl groups excluding tert-OH is 1. The minimum atomic E-state index is -0.439. The lowest BCUT2D eigenvalue weighted by molar-refractivity contribution is 0.0952. The van der Waals surface area contributed by atoms with Crippen molar-refractivity contribution in [3.05, 3.63) is 51.5 Å². The van der Waals surface area contributed by atoms with E-state index in [-0.39, 0.29) is 18.1 Å². The maximum absolute atomic E-state index is 13.2. The van der Waals surface area contributed by atoms with Gasteiger partial charge in [-0.1, -0.05) is 6.07 Å². The summed E-state index contributed by atoms with van der Waals surface area (Å²) in [6.45, 7) is -0.0486. The molecular weight excluding hydrogens is 297 g/mol. The van der Waals surface area contributed by atoms with E-state index in [9.17, 15) is 9.18 Å². The molecule has 0 spiro atoms. The van der Waals surface area contributed by atoms with Crippen LogP contribution in [-0.4, -0.2) is 17.3 Å². The van der Waals surface area contributed by atoms with Crippen molar-refractivity contribution >= 4 is 29.0 Å². The van der Waals surface area contributed by atoms with Gasteiger partial charge in [-0.05, 0) is 35.4 Å². The third-order valence-corrected chi connectivity index (χ3v) is 4.61. The van der Waals surface area contributed by atoms with Crippen LogP contribution in [-0.2, 0) is 13.2 Å². The Hall–Kier alpha value is -1.37. The monoisotopic (exact) mass is 311 g/mol. The molecule has 2 aromatic rings. The van der Waals surface area contributed by atoms with E-state index in [1.54, 1.807) is 12.1 Å². The fourth-order valence-corrected chi connectivity index (χ4v) is 3.41. The number of nitrogens with one attached hydrogen (secondary N) is 1. The molecule has 0 aliphatic rings. The van der Waals surface area contributed by atoms with Crippen molar-refractivity contribution in [2.24, 2.45) is 0 Å². The van der Waals surface area contributed by atoms with Gasteiger partial charge in [-0.25, -0.2) is 4.39 Å². The van der Waals surface area contributed by atoms with Gasteiger partial charge in [0.1, 0.15) is 10.7 Å². The maximum Gasteiger partial charge on any atom is 0.262 e. The first-order valence-electron chi connectivity index (χ1n) is 5.93. The highest BCUT2D eigenvalue weighted by Crippen LogP contribution is 2.25. The lowest BCUT2D eigenvalue weighted by Gasteiger charge is -2.07. The van der Waals surface area contributed by atoms with Gasteiger partial charge in [0.05, 0.1) is 6.61 Å². The molecular formula is C14H14FNO2S2. The van der Waals surface area contributed by atoms with Gasteiger partial charge < -0.3 is 10.4 Å². The molecule has 106 valence electrons. The average molecular weight is 311 g/mol. The van der Waals surface area contributed by atoms with Crippen molar-refractivity contribution in [3.8, 4) is 0 Å². The van der Waals surface area contributed by atoms with Gasteiger partial charge in [-0.15, -0.1) is 23.1 Å². The van der Waals surface area contributed by atoms with Crippen LogP contribution in [0.2, 0.25) is 0 Å². The molecule has 6 heteroatoms. The van der Waals surface area contributed by atoms with E-state index < -0.39 is 5.82 Å². The summed E-state index contributed by atoms with van der Waals surface area (Å²) < 4.78 is 13.2. The fraction of sp³-hybridized carbons (Fsp3) is 0.214. The summed E-state index contributed by atoms with van der Waals surface area (Å²) in [5.41, 5.74) is 0.990. The summed E-state index contributed by atoms with van der Waals surface area (Å²) in [7, 11) is 0. The van der Waals surface area contributed by atoms with Gasteiger partial charge in [0.15, 0.2) is 0 Å². The lowest BCUT2D eigenvalue weighted by Crippen LogP contribution is -2.22. The number of rotatable bonds is 5. The Bertz CT molecular complexity index is 613. The molecule has 0 aliphatic heterocycles. The summed E-state index contributed by atoms with van der Waals surface area (Å²) in [5, 5.41) is 13.7. The normalized spacial score (nSPS) is 10.6. The number of carbonyl (C=O) groups excluding carboxylic acids is 1. The number of halogens is 1. The Labute approximate surface area is 124 Å². The van der Waals surface area contributed by atoms with Crippen LogP contribution in [0.15, 0.2) is 34.5 Å². The maximum atomic E-state index is 13.2. The van der Waals surface area contributed by atoms with Gasteiger partial charge in [0.25, 0.3) is 5.91 Å². The van der Waals surface area contributed by atoms with Crippen molar-refractivity contribution in [2.75, 3.05) is 6.26 Å². The van der Waals surface area contributed by atoms with Crippen LogP contribution in [0.4, 0.5) is 4.39 Å². The van der Waals surface area contributed by atoms with Crippen molar-refractivity contribution < 1.29 is 14.3 Å². The highest BCUT2D eigenvalue weighted by molar-refractivity contribution is 7.98. The minimum absolute atomic E-state index is 0.140. The molecule has 1 amide bonds. The van der Waals surface area contributed by atoms with Crippen LogP contribution >= 0.6 is 23.1 Å². The number of carbonyl (C=O) groups is 1. The Morgan fingerprint density at radius 1 is 1.45 bits per heavy atom. The van der Waals surface area contributed by atoms with Crippen LogP contribution < -0.4 is 5.32 Å². The third kappa shape index (κ3) is 3.39. The van der Waals surface area contributed by atoms with E-state index in [1.165, 1.54) is 29.2 Å². The molecule has 0 bridgehead atoms. The first kappa shape index (κ1) is 15.0. The van der Waals surface area contributed by atoms with Crippen LogP contribution in [0.3, 0.4) is 0 Å². The Morgan fingerprint density at radius 2 is 2.25 bits per heavy atom. The first-order valence-corrected chi connectivity index (χ1v) is 8.04. The van der Waals surface area contributed by atoms with E-state index >= 15 is 0 Å². The largest absolute Gasteiger partial charge is 0.392 e. The molecule has 2 N–H and O–H groups in total. The second-order valence-corrected chi connectivity index (χ2v) is 5.85. The number of thioether (sulfide) groups is 1. The SMILES string of the molecule is CSc1ccsc1C(=O)NCc1ccc(F)c(CO)c1. The van der Waals surface area contributed by atoms with Crippen molar-refractivity contribution in [1.29, 1.82) is 0 Å². The van der Waals surface area contributed by atoms with Crippen molar-refractivity contribution in [1.82, 2.24) is 5.32 Å². The van der Waals surface area contributed by atoms with E-state index in [4.69, 9.17) is 5.11 Å². The van der Waals surface area contributed by atoms with Gasteiger partial charge in [0, 0.05) is 17.0 Å². The fourth-order valence-electron chi connectivity index (χ4n) is 1.75. The number of hydrogen-bond acceptors (Lipinski definition) is 4. The molecule has 0 unspecified atom stereocenters. The molecule has 2 rings (SSSR count). The predicted molar refractivity (Wildman–Crippen MR) is 79.6 cm³/mol. The van der Waals surface area contributed by atoms with E-state index in [0.717, 1.165) is 10.5 Å². The zero-order valence-corrected chi connectivity index (χ0v) is 12.5. The molecule has 0 fully saturated rings. The van der Waals surface area contributed by atoms with E-state index in [1.807, 2.05) is 17.7 Å². The molecule has 0 saturated heterocycles. The summed E-state index contributed by atoms with van der Waals surface area (Å²) in [5.74, 6) is -0.579. The second kappa shape index (κ2) is 6.88. The highest BCUT2D eigenvalue weighted by atomic mass is 32.2. The Kier molecular flexibility index (Phi) is 5.17. The number of amides is 1. The van der Waals surface area contributed by atoms with Gasteiger partial charge >= 0.3 is 0 Å². The molecule has 1 aromatic carbocycles. The number of aliphatic hydroxyl groups is 1. The van der Waals surface area contributed by atoms with Crippen LogP contribution in [0.5, 0.6) is 0 Å². The third-order valence-electron chi connectivity index (χ3n) is 2.79. The van der Waals surface area contributed by atoms with Crippen molar-refractivity contribution in [2.45, 2.75) is 18.0 Å². The summed E-state index contributed by atoms with van der Waals surface area (Å²) in [4.78, 5) is 13.7. The quantitative estimate of drug-likeness (QED) is 0.835. The molecule has 20 heavy (non-hydrogen) atoms. The lowest BCUT2D eigenvalue weighted by atomic mass is 10.1. The van der Waals surface area contributed by atoms with Gasteiger partial charge in [0.2, 0.25) is 0 Å². The van der Waals surface area contributed by atoms with Crippen LogP contribution in [0.25, 0.3) is 0 Å². The molecule has 1 aromatic heterocycles. The van der Waals surface area contributed by atoms with Gasteiger partial charge in [-0.3, -0.25) is 4.79 Å². The number of thiophene rings is 1. The number of benzene rings is 1. The Balaban J connectivity index is 2.03. The summed E-state index contributed by atoms with van der Waals surface area (Å²) in [6.07, 6.45) is 1.92. The predicted octanol–water partition coefficient (Wildman–Crippen LogP) is 3.03. The second-order valence-electron chi connectivity index (χ2n) is 4.08. The molecule has 1 heterocycles. The van der Waals surface area contributed by atoms with Crippen molar-refractivity contribution in [3.63, 3.8) is 0 Å². The summed E-state index contributed by atoms with van der Waals surface area (Å²) in [6, 6.07) is 6.36. The zero-order valence-electron chi connectivity index (χ0n) is 10.9. The average Bonchev–Trinajstić information content (AvgIpc) is 2.94. The number of hydrogen-bond donors (Lipinski definition) is 2. The molecule has 0 radical (unpaired) electrons. The Morgan fingerprint density at radius 3 is 2.95 bits per heavy atom. The smallest absolute Gasteiger partial charge is 0.262 e. The standard InChI is InChI=1S/C14H14FNO2S2/c1-19-12-4-5-20-13(12)14(18)16-7-9-2-3-11(15)10(6-9)8-17/h2-6,17H,7-8H2,1H3,(H,16,18). The zero-order chi connectivity index (χ0) is 14.5. The van der Waals surface area contributed by atoms with E-state index in [0.29, 0.717) is 11.4 Å². The summed E-state index contributed by atoms with van der Waals surface area (Å²) >= 11 is 2.92. The van der Waals surface area contributed by atoms with Crippen LogP contribution in [0, 0.1) is 5.82 Å².